The minimum Gasteiger partial charge on any atom is -0.383 e. The van der Waals surface area contributed by atoms with Gasteiger partial charge < -0.3 is 10.6 Å². The average molecular weight is 221 g/mol. The van der Waals surface area contributed by atoms with Crippen LogP contribution in [0.15, 0.2) is 18.3 Å². The SMILES string of the molecule is CC(C)NC(=O)c1cc(NC(C)C)ccn1. The fourth-order valence-corrected chi connectivity index (χ4v) is 1.31. The van der Waals surface area contributed by atoms with E-state index in [9.17, 15) is 4.79 Å². The van der Waals surface area contributed by atoms with Crippen molar-refractivity contribution in [2.45, 2.75) is 39.8 Å². The van der Waals surface area contributed by atoms with E-state index in [-0.39, 0.29) is 11.9 Å². The van der Waals surface area contributed by atoms with Crippen LogP contribution in [-0.4, -0.2) is 23.0 Å². The number of nitrogens with one attached hydrogen (secondary N) is 2. The highest BCUT2D eigenvalue weighted by Crippen LogP contribution is 2.09. The highest BCUT2D eigenvalue weighted by molar-refractivity contribution is 5.93. The van der Waals surface area contributed by atoms with Crippen molar-refractivity contribution in [3.8, 4) is 0 Å². The number of carbonyl (C=O) groups excluding carboxylic acids is 1. The summed E-state index contributed by atoms with van der Waals surface area (Å²) in [5, 5.41) is 6.04. The van der Waals surface area contributed by atoms with Crippen LogP contribution in [0.5, 0.6) is 0 Å². The van der Waals surface area contributed by atoms with Crippen LogP contribution in [0, 0.1) is 0 Å². The van der Waals surface area contributed by atoms with Gasteiger partial charge in [0.15, 0.2) is 0 Å². The highest BCUT2D eigenvalue weighted by atomic mass is 16.1. The molecular weight excluding hydrogens is 202 g/mol. The van der Waals surface area contributed by atoms with Gasteiger partial charge in [0.1, 0.15) is 5.69 Å². The minimum atomic E-state index is -0.137. The highest BCUT2D eigenvalue weighted by Gasteiger charge is 2.08. The van der Waals surface area contributed by atoms with Crippen LogP contribution in [-0.2, 0) is 0 Å². The number of amides is 1. The number of pyridine rings is 1. The fraction of sp³-hybridized carbons (Fsp3) is 0.500. The third-order valence-corrected chi connectivity index (χ3v) is 1.87. The van der Waals surface area contributed by atoms with E-state index < -0.39 is 0 Å². The third-order valence-electron chi connectivity index (χ3n) is 1.87. The van der Waals surface area contributed by atoms with E-state index >= 15 is 0 Å². The molecule has 1 amide bonds. The second-order valence-electron chi connectivity index (χ2n) is 4.36. The third kappa shape index (κ3) is 3.88. The molecule has 88 valence electrons. The van der Waals surface area contributed by atoms with Crippen molar-refractivity contribution in [3.05, 3.63) is 24.0 Å². The zero-order valence-corrected chi connectivity index (χ0v) is 10.2. The molecule has 0 unspecified atom stereocenters. The Morgan fingerprint density at radius 3 is 2.50 bits per heavy atom. The van der Waals surface area contributed by atoms with Crippen LogP contribution in [0.4, 0.5) is 5.69 Å². The van der Waals surface area contributed by atoms with Gasteiger partial charge in [-0.1, -0.05) is 0 Å². The Bertz CT molecular complexity index is 361. The molecule has 2 N–H and O–H groups in total. The number of aromatic nitrogens is 1. The van der Waals surface area contributed by atoms with E-state index in [1.807, 2.05) is 33.8 Å². The van der Waals surface area contributed by atoms with Gasteiger partial charge in [0.2, 0.25) is 0 Å². The van der Waals surface area contributed by atoms with E-state index in [0.29, 0.717) is 11.7 Å². The maximum absolute atomic E-state index is 11.7. The van der Waals surface area contributed by atoms with Crippen LogP contribution in [0.3, 0.4) is 0 Å². The van der Waals surface area contributed by atoms with Gasteiger partial charge in [0, 0.05) is 24.0 Å². The van der Waals surface area contributed by atoms with Crippen molar-refractivity contribution < 1.29 is 4.79 Å². The van der Waals surface area contributed by atoms with Crippen LogP contribution in [0.25, 0.3) is 0 Å². The Balaban J connectivity index is 2.77. The molecule has 0 saturated carbocycles. The second kappa shape index (κ2) is 5.49. The topological polar surface area (TPSA) is 54.0 Å². The number of hydrogen-bond acceptors (Lipinski definition) is 3. The molecule has 1 heterocycles. The van der Waals surface area contributed by atoms with Crippen molar-refractivity contribution in [1.82, 2.24) is 10.3 Å². The first-order valence-corrected chi connectivity index (χ1v) is 5.52. The Kier molecular flexibility index (Phi) is 4.28. The van der Waals surface area contributed by atoms with Gasteiger partial charge in [-0.3, -0.25) is 9.78 Å². The molecule has 4 heteroatoms. The van der Waals surface area contributed by atoms with Gasteiger partial charge in [-0.15, -0.1) is 0 Å². The van der Waals surface area contributed by atoms with Gasteiger partial charge in [-0.2, -0.15) is 0 Å². The lowest BCUT2D eigenvalue weighted by molar-refractivity contribution is 0.0938. The summed E-state index contributed by atoms with van der Waals surface area (Å²) < 4.78 is 0. The molecular formula is C12H19N3O. The Hall–Kier alpha value is -1.58. The Morgan fingerprint density at radius 1 is 1.25 bits per heavy atom. The number of nitrogens with zero attached hydrogens (tertiary/aromatic N) is 1. The summed E-state index contributed by atoms with van der Waals surface area (Å²) in [4.78, 5) is 15.7. The minimum absolute atomic E-state index is 0.121. The average Bonchev–Trinajstić information content (AvgIpc) is 2.16. The van der Waals surface area contributed by atoms with Gasteiger partial charge in [-0.25, -0.2) is 0 Å². The van der Waals surface area contributed by atoms with E-state index in [0.717, 1.165) is 5.69 Å². The standard InChI is InChI=1S/C12H19N3O/c1-8(2)14-10-5-6-13-11(7-10)12(16)15-9(3)4/h5-9H,1-4H3,(H,13,14)(H,15,16). The second-order valence-corrected chi connectivity index (χ2v) is 4.36. The summed E-state index contributed by atoms with van der Waals surface area (Å²) in [5.74, 6) is -0.137. The molecule has 0 atom stereocenters. The summed E-state index contributed by atoms with van der Waals surface area (Å²) in [6, 6.07) is 4.07. The molecule has 16 heavy (non-hydrogen) atoms. The summed E-state index contributed by atoms with van der Waals surface area (Å²) in [6.45, 7) is 7.95. The zero-order chi connectivity index (χ0) is 12.1. The summed E-state index contributed by atoms with van der Waals surface area (Å²) in [5.41, 5.74) is 1.36. The Morgan fingerprint density at radius 2 is 1.94 bits per heavy atom. The first-order chi connectivity index (χ1) is 7.49. The van der Waals surface area contributed by atoms with Crippen molar-refractivity contribution in [2.75, 3.05) is 5.32 Å². The largest absolute Gasteiger partial charge is 0.383 e. The molecule has 0 bridgehead atoms. The number of hydrogen-bond donors (Lipinski definition) is 2. The lowest BCUT2D eigenvalue weighted by atomic mass is 10.2. The lowest BCUT2D eigenvalue weighted by Gasteiger charge is -2.11. The molecule has 1 rings (SSSR count). The normalized spacial score (nSPS) is 10.6. The molecule has 1 aromatic rings. The van der Waals surface area contributed by atoms with E-state index in [1.54, 1.807) is 12.3 Å². The molecule has 0 radical (unpaired) electrons. The van der Waals surface area contributed by atoms with E-state index in [1.165, 1.54) is 0 Å². The fourth-order valence-electron chi connectivity index (χ4n) is 1.31. The van der Waals surface area contributed by atoms with Gasteiger partial charge >= 0.3 is 0 Å². The molecule has 0 fully saturated rings. The van der Waals surface area contributed by atoms with Crippen molar-refractivity contribution >= 4 is 11.6 Å². The maximum atomic E-state index is 11.7. The van der Waals surface area contributed by atoms with Gasteiger partial charge in [-0.05, 0) is 39.8 Å². The number of carbonyl (C=O) groups is 1. The predicted molar refractivity (Wildman–Crippen MR) is 65.6 cm³/mol. The zero-order valence-electron chi connectivity index (χ0n) is 10.2. The smallest absolute Gasteiger partial charge is 0.270 e. The summed E-state index contributed by atoms with van der Waals surface area (Å²) >= 11 is 0. The molecule has 0 aromatic carbocycles. The van der Waals surface area contributed by atoms with Gasteiger partial charge in [0.25, 0.3) is 5.91 Å². The van der Waals surface area contributed by atoms with Crippen molar-refractivity contribution in [2.24, 2.45) is 0 Å². The molecule has 0 aliphatic heterocycles. The quantitative estimate of drug-likeness (QED) is 0.818. The number of anilines is 1. The summed E-state index contributed by atoms with van der Waals surface area (Å²) in [6.07, 6.45) is 1.64. The van der Waals surface area contributed by atoms with Crippen molar-refractivity contribution in [3.63, 3.8) is 0 Å². The first kappa shape index (κ1) is 12.5. The van der Waals surface area contributed by atoms with Crippen LogP contribution >= 0.6 is 0 Å². The molecule has 0 spiro atoms. The Labute approximate surface area is 96.5 Å². The van der Waals surface area contributed by atoms with Crippen LogP contribution < -0.4 is 10.6 Å². The lowest BCUT2D eigenvalue weighted by Crippen LogP contribution is -2.30. The summed E-state index contributed by atoms with van der Waals surface area (Å²) in [7, 11) is 0. The van der Waals surface area contributed by atoms with E-state index in [2.05, 4.69) is 15.6 Å². The molecule has 0 aliphatic carbocycles. The monoisotopic (exact) mass is 221 g/mol. The predicted octanol–water partition coefficient (Wildman–Crippen LogP) is 2.04. The van der Waals surface area contributed by atoms with Crippen LogP contribution in [0.2, 0.25) is 0 Å². The molecule has 1 aromatic heterocycles. The van der Waals surface area contributed by atoms with Gasteiger partial charge in [0.05, 0.1) is 0 Å². The van der Waals surface area contributed by atoms with E-state index in [4.69, 9.17) is 0 Å². The first-order valence-electron chi connectivity index (χ1n) is 5.52. The maximum Gasteiger partial charge on any atom is 0.270 e. The molecule has 0 saturated heterocycles. The van der Waals surface area contributed by atoms with Crippen molar-refractivity contribution in [1.29, 1.82) is 0 Å². The number of rotatable bonds is 4. The molecule has 0 aliphatic rings. The van der Waals surface area contributed by atoms with Crippen LogP contribution in [0.1, 0.15) is 38.2 Å². The molecule has 4 nitrogen and oxygen atoms in total.